The first-order valence-electron chi connectivity index (χ1n) is 22.8. The molecule has 0 saturated heterocycles. The minimum Gasteiger partial charge on any atom is -0.466 e. The van der Waals surface area contributed by atoms with Gasteiger partial charge in [-0.05, 0) is 71.4 Å². The van der Waals surface area contributed by atoms with Gasteiger partial charge in [0.25, 0.3) is 0 Å². The van der Waals surface area contributed by atoms with E-state index in [2.05, 4.69) is 25.7 Å². The maximum absolute atomic E-state index is 12.0. The summed E-state index contributed by atoms with van der Waals surface area (Å²) >= 11 is 0. The molecule has 0 radical (unpaired) electrons. The van der Waals surface area contributed by atoms with Crippen LogP contribution in [0.5, 0.6) is 0 Å². The van der Waals surface area contributed by atoms with E-state index in [1.807, 2.05) is 6.92 Å². The fourth-order valence-electron chi connectivity index (χ4n) is 7.18. The second-order valence-electron chi connectivity index (χ2n) is 15.9. The summed E-state index contributed by atoms with van der Waals surface area (Å²) < 4.78 is 11.6. The van der Waals surface area contributed by atoms with E-state index in [-0.39, 0.29) is 18.2 Å². The maximum atomic E-state index is 12.0. The van der Waals surface area contributed by atoms with E-state index < -0.39 is 6.29 Å². The number of carbonyl (C=O) groups excluding carboxylic acids is 1. The number of aliphatic hydroxyl groups is 2. The maximum Gasteiger partial charge on any atom is 0.305 e. The molecule has 0 aromatic carbocycles. The Bertz CT molecular complexity index is 674. The molecule has 0 saturated carbocycles. The Balaban J connectivity index is 4.03. The average molecular weight is 726 g/mol. The van der Waals surface area contributed by atoms with Gasteiger partial charge in [0, 0.05) is 13.0 Å². The number of ether oxygens (including phenoxy) is 2. The van der Waals surface area contributed by atoms with Crippen molar-refractivity contribution in [2.45, 2.75) is 258 Å². The van der Waals surface area contributed by atoms with Crippen LogP contribution in [-0.4, -0.2) is 65.8 Å². The first kappa shape index (κ1) is 50.3. The summed E-state index contributed by atoms with van der Waals surface area (Å²) in [6, 6.07) is 0. The molecule has 0 rings (SSSR count). The summed E-state index contributed by atoms with van der Waals surface area (Å²) in [6.07, 6.45) is 38.3. The molecule has 0 aliphatic heterocycles. The van der Waals surface area contributed by atoms with Crippen molar-refractivity contribution in [3.05, 3.63) is 0 Å². The molecular weight excluding hydrogens is 634 g/mol. The van der Waals surface area contributed by atoms with Crippen LogP contribution in [0.2, 0.25) is 0 Å². The van der Waals surface area contributed by atoms with Crippen molar-refractivity contribution in [3.63, 3.8) is 0 Å². The molecule has 0 aromatic heterocycles. The van der Waals surface area contributed by atoms with Crippen molar-refractivity contribution in [2.75, 3.05) is 26.2 Å². The predicted molar refractivity (Wildman–Crippen MR) is 219 cm³/mol. The fraction of sp³-hybridized carbons (Fsp3) is 0.978. The van der Waals surface area contributed by atoms with E-state index in [1.54, 1.807) is 0 Å². The van der Waals surface area contributed by atoms with E-state index in [9.17, 15) is 15.0 Å². The number of carbonyl (C=O) groups is 1. The molecule has 2 N–H and O–H groups in total. The van der Waals surface area contributed by atoms with Gasteiger partial charge in [0.05, 0.1) is 18.8 Å². The van der Waals surface area contributed by atoms with Crippen molar-refractivity contribution < 1.29 is 24.5 Å². The summed E-state index contributed by atoms with van der Waals surface area (Å²) in [7, 11) is 0. The van der Waals surface area contributed by atoms with Gasteiger partial charge in [0.1, 0.15) is 0 Å². The smallest absolute Gasteiger partial charge is 0.305 e. The van der Waals surface area contributed by atoms with Crippen LogP contribution in [0.25, 0.3) is 0 Å². The van der Waals surface area contributed by atoms with Crippen LogP contribution in [0.3, 0.4) is 0 Å². The van der Waals surface area contributed by atoms with Gasteiger partial charge in [0.2, 0.25) is 0 Å². The van der Waals surface area contributed by atoms with Gasteiger partial charge >= 0.3 is 5.97 Å². The first-order chi connectivity index (χ1) is 24.9. The molecule has 306 valence electrons. The first-order valence-corrected chi connectivity index (χ1v) is 22.8. The zero-order valence-electron chi connectivity index (χ0n) is 35.0. The molecule has 0 aliphatic rings. The lowest BCUT2D eigenvalue weighted by Gasteiger charge is -2.24. The molecule has 2 atom stereocenters. The molecule has 0 aliphatic carbocycles. The summed E-state index contributed by atoms with van der Waals surface area (Å²) in [6.45, 7) is 12.1. The normalized spacial score (nSPS) is 13.0. The van der Waals surface area contributed by atoms with Crippen LogP contribution in [0, 0.1) is 0 Å². The molecule has 0 aromatic rings. The third kappa shape index (κ3) is 38.8. The third-order valence-electron chi connectivity index (χ3n) is 10.4. The Kier molecular flexibility index (Phi) is 39.9. The molecule has 0 fully saturated rings. The number of aliphatic hydroxyl groups excluding tert-OH is 2. The Morgan fingerprint density at radius 1 is 0.510 bits per heavy atom. The number of nitrogens with zero attached hydrogens (tertiary/aromatic N) is 1. The highest BCUT2D eigenvalue weighted by atomic mass is 16.6. The second-order valence-corrected chi connectivity index (χ2v) is 15.9. The topological polar surface area (TPSA) is 79.2 Å². The van der Waals surface area contributed by atoms with Crippen molar-refractivity contribution >= 4 is 5.97 Å². The number of hydrogen-bond donors (Lipinski definition) is 2. The Morgan fingerprint density at radius 3 is 1.37 bits per heavy atom. The largest absolute Gasteiger partial charge is 0.466 e. The van der Waals surface area contributed by atoms with Crippen LogP contribution in [0.1, 0.15) is 240 Å². The number of hydrogen-bond acceptors (Lipinski definition) is 6. The fourth-order valence-corrected chi connectivity index (χ4v) is 7.18. The average Bonchev–Trinajstić information content (AvgIpc) is 3.10. The monoisotopic (exact) mass is 726 g/mol. The van der Waals surface area contributed by atoms with Crippen molar-refractivity contribution in [2.24, 2.45) is 0 Å². The highest BCUT2D eigenvalue weighted by molar-refractivity contribution is 5.69. The summed E-state index contributed by atoms with van der Waals surface area (Å²) in [5.74, 6) is -0.0279. The van der Waals surface area contributed by atoms with Crippen molar-refractivity contribution in [1.29, 1.82) is 0 Å². The number of esters is 1. The highest BCUT2D eigenvalue weighted by Crippen LogP contribution is 2.20. The highest BCUT2D eigenvalue weighted by Gasteiger charge is 2.15. The predicted octanol–water partition coefficient (Wildman–Crippen LogP) is 12.8. The van der Waals surface area contributed by atoms with Gasteiger partial charge in [-0.1, -0.05) is 175 Å². The lowest BCUT2D eigenvalue weighted by Crippen LogP contribution is -2.32. The minimum absolute atomic E-state index is 0.0279. The Morgan fingerprint density at radius 2 is 0.902 bits per heavy atom. The molecule has 6 heteroatoms. The molecule has 51 heavy (non-hydrogen) atoms. The minimum atomic E-state index is -0.620. The summed E-state index contributed by atoms with van der Waals surface area (Å²) in [4.78, 5) is 14.4. The van der Waals surface area contributed by atoms with Crippen LogP contribution in [0.15, 0.2) is 0 Å². The van der Waals surface area contributed by atoms with E-state index in [0.717, 1.165) is 90.3 Å². The van der Waals surface area contributed by atoms with Crippen LogP contribution in [0.4, 0.5) is 0 Å². The number of rotatable bonds is 42. The molecular formula is C45H91NO5. The van der Waals surface area contributed by atoms with Crippen LogP contribution >= 0.6 is 0 Å². The van der Waals surface area contributed by atoms with Gasteiger partial charge in [-0.15, -0.1) is 0 Å². The Labute approximate surface area is 319 Å². The van der Waals surface area contributed by atoms with Crippen LogP contribution in [-0.2, 0) is 14.3 Å². The lowest BCUT2D eigenvalue weighted by molar-refractivity contribution is -0.144. The van der Waals surface area contributed by atoms with Gasteiger partial charge in [-0.25, -0.2) is 0 Å². The molecule has 6 nitrogen and oxygen atoms in total. The SMILES string of the molecule is CCCCCCCCCOC(=O)CCCCCCCN(CCCCCCCC(O)OC(CCCCCCCC)CCCCCCCC)CC(C)O. The second kappa shape index (κ2) is 40.5. The number of unbranched alkanes of at least 4 members (excludes halogenated alkanes) is 24. The van der Waals surface area contributed by atoms with E-state index in [4.69, 9.17) is 9.47 Å². The molecule has 0 amide bonds. The van der Waals surface area contributed by atoms with Crippen LogP contribution < -0.4 is 0 Å². The molecule has 0 spiro atoms. The van der Waals surface area contributed by atoms with E-state index >= 15 is 0 Å². The zero-order valence-corrected chi connectivity index (χ0v) is 35.0. The lowest BCUT2D eigenvalue weighted by atomic mass is 10.0. The summed E-state index contributed by atoms with van der Waals surface area (Å²) in [5.41, 5.74) is 0. The molecule has 2 unspecified atom stereocenters. The van der Waals surface area contributed by atoms with E-state index in [1.165, 1.54) is 135 Å². The molecule has 0 bridgehead atoms. The van der Waals surface area contributed by atoms with Gasteiger partial charge < -0.3 is 24.6 Å². The zero-order chi connectivity index (χ0) is 37.5. The van der Waals surface area contributed by atoms with Crippen molar-refractivity contribution in [3.8, 4) is 0 Å². The van der Waals surface area contributed by atoms with Gasteiger partial charge in [-0.3, -0.25) is 4.79 Å². The van der Waals surface area contributed by atoms with E-state index in [0.29, 0.717) is 13.0 Å². The quantitative estimate of drug-likeness (QED) is 0.0370. The molecule has 0 heterocycles. The summed E-state index contributed by atoms with van der Waals surface area (Å²) in [5, 5.41) is 20.7. The van der Waals surface area contributed by atoms with Crippen molar-refractivity contribution in [1.82, 2.24) is 4.90 Å². The van der Waals surface area contributed by atoms with Gasteiger partial charge in [-0.2, -0.15) is 0 Å². The van der Waals surface area contributed by atoms with Gasteiger partial charge in [0.15, 0.2) is 6.29 Å². The third-order valence-corrected chi connectivity index (χ3v) is 10.4. The Hall–Kier alpha value is -0.690. The standard InChI is InChI=1S/C45H91NO5/c1-5-8-11-14-17-26-33-40-50-44(48)36-29-22-18-24-31-38-46(41-42(4)47)39-32-25-19-23-30-37-45(49)51-43(34-27-20-15-12-9-6-2)35-28-21-16-13-10-7-3/h42-43,45,47,49H,5-41H2,1-4H3.